The van der Waals surface area contributed by atoms with Gasteiger partial charge in [0.1, 0.15) is 0 Å². The summed E-state index contributed by atoms with van der Waals surface area (Å²) in [6, 6.07) is 0. The second-order valence-electron chi connectivity index (χ2n) is 2.22. The summed E-state index contributed by atoms with van der Waals surface area (Å²) in [7, 11) is 1.14. The van der Waals surface area contributed by atoms with Crippen molar-refractivity contribution < 1.29 is 18.0 Å². The van der Waals surface area contributed by atoms with Crippen molar-refractivity contribution in [3.8, 4) is 0 Å². The third kappa shape index (κ3) is 3.85. The molecule has 12 heavy (non-hydrogen) atoms. The molecule has 0 aromatic rings. The van der Waals surface area contributed by atoms with Gasteiger partial charge in [-0.25, -0.2) is 0 Å². The van der Waals surface area contributed by atoms with Gasteiger partial charge in [0.15, 0.2) is 0 Å². The van der Waals surface area contributed by atoms with Crippen molar-refractivity contribution in [1.82, 2.24) is 4.90 Å². The van der Waals surface area contributed by atoms with Gasteiger partial charge in [0.2, 0.25) is 0 Å². The Bertz CT molecular complexity index is 159. The third-order valence-electron chi connectivity index (χ3n) is 1.22. The SMILES string of the molecule is CSCCN(C)C(=O)C(F)(F)F. The summed E-state index contributed by atoms with van der Waals surface area (Å²) in [5.74, 6) is -1.27. The first-order chi connectivity index (χ1) is 5.39. The lowest BCUT2D eigenvalue weighted by molar-refractivity contribution is -0.183. The number of hydrogen-bond donors (Lipinski definition) is 0. The topological polar surface area (TPSA) is 20.3 Å². The van der Waals surface area contributed by atoms with Crippen LogP contribution in [0.2, 0.25) is 0 Å². The Labute approximate surface area is 73.1 Å². The average molecular weight is 201 g/mol. The van der Waals surface area contributed by atoms with E-state index in [-0.39, 0.29) is 6.54 Å². The van der Waals surface area contributed by atoms with Crippen LogP contribution in [0.15, 0.2) is 0 Å². The van der Waals surface area contributed by atoms with Gasteiger partial charge in [0, 0.05) is 19.3 Å². The molecule has 0 bridgehead atoms. The quantitative estimate of drug-likeness (QED) is 0.687. The third-order valence-corrected chi connectivity index (χ3v) is 1.81. The maximum Gasteiger partial charge on any atom is 0.471 e. The van der Waals surface area contributed by atoms with Gasteiger partial charge in [0.25, 0.3) is 0 Å². The molecule has 0 fully saturated rings. The van der Waals surface area contributed by atoms with Crippen LogP contribution < -0.4 is 0 Å². The fourth-order valence-electron chi connectivity index (χ4n) is 0.546. The molecular weight excluding hydrogens is 191 g/mol. The Kier molecular flexibility index (Phi) is 4.44. The van der Waals surface area contributed by atoms with Gasteiger partial charge in [-0.05, 0) is 6.26 Å². The van der Waals surface area contributed by atoms with E-state index in [0.29, 0.717) is 10.7 Å². The van der Waals surface area contributed by atoms with E-state index in [0.717, 1.165) is 7.05 Å². The van der Waals surface area contributed by atoms with Crippen molar-refractivity contribution in [3.05, 3.63) is 0 Å². The van der Waals surface area contributed by atoms with Crippen LogP contribution in [0, 0.1) is 0 Å². The number of alkyl halides is 3. The molecular formula is C6H10F3NOS. The van der Waals surface area contributed by atoms with Crippen LogP contribution in [0.3, 0.4) is 0 Å². The molecule has 0 rings (SSSR count). The van der Waals surface area contributed by atoms with Crippen molar-refractivity contribution in [2.75, 3.05) is 25.6 Å². The molecule has 0 saturated heterocycles. The van der Waals surface area contributed by atoms with E-state index in [4.69, 9.17) is 0 Å². The van der Waals surface area contributed by atoms with E-state index in [1.165, 1.54) is 11.8 Å². The lowest BCUT2D eigenvalue weighted by Crippen LogP contribution is -2.39. The molecule has 72 valence electrons. The van der Waals surface area contributed by atoms with Crippen molar-refractivity contribution in [3.63, 3.8) is 0 Å². The number of hydrogen-bond acceptors (Lipinski definition) is 2. The molecule has 0 heterocycles. The van der Waals surface area contributed by atoms with Gasteiger partial charge in [0.05, 0.1) is 0 Å². The first-order valence-electron chi connectivity index (χ1n) is 3.21. The lowest BCUT2D eigenvalue weighted by atomic mass is 10.5. The minimum Gasteiger partial charge on any atom is -0.337 e. The predicted octanol–water partition coefficient (Wildman–Crippen LogP) is 1.37. The second kappa shape index (κ2) is 4.59. The maximum absolute atomic E-state index is 11.7. The molecule has 0 aliphatic heterocycles. The van der Waals surface area contributed by atoms with Gasteiger partial charge in [-0.1, -0.05) is 0 Å². The van der Waals surface area contributed by atoms with E-state index in [9.17, 15) is 18.0 Å². The standard InChI is InChI=1S/C6H10F3NOS/c1-10(3-4-12-2)5(11)6(7,8)9/h3-4H2,1-2H3. The highest BCUT2D eigenvalue weighted by Crippen LogP contribution is 2.17. The molecule has 0 aliphatic rings. The summed E-state index contributed by atoms with van der Waals surface area (Å²) >= 11 is 1.40. The Morgan fingerprint density at radius 2 is 2.00 bits per heavy atom. The molecule has 2 nitrogen and oxygen atoms in total. The monoisotopic (exact) mass is 201 g/mol. The predicted molar refractivity (Wildman–Crippen MR) is 42.1 cm³/mol. The summed E-state index contributed by atoms with van der Waals surface area (Å²) in [5.41, 5.74) is 0. The van der Waals surface area contributed by atoms with Gasteiger partial charge in [-0.3, -0.25) is 4.79 Å². The minimum absolute atomic E-state index is 0.125. The van der Waals surface area contributed by atoms with Crippen LogP contribution >= 0.6 is 11.8 Å². The normalized spacial score (nSPS) is 11.4. The number of halogens is 3. The zero-order valence-electron chi connectivity index (χ0n) is 6.81. The fourth-order valence-corrected chi connectivity index (χ4v) is 1.00. The fraction of sp³-hybridized carbons (Fsp3) is 0.833. The largest absolute Gasteiger partial charge is 0.471 e. The van der Waals surface area contributed by atoms with E-state index < -0.39 is 12.1 Å². The number of carbonyl (C=O) groups is 1. The minimum atomic E-state index is -4.74. The van der Waals surface area contributed by atoms with Crippen molar-refractivity contribution >= 4 is 17.7 Å². The van der Waals surface area contributed by atoms with Crippen LogP contribution in [-0.4, -0.2) is 42.6 Å². The summed E-state index contributed by atoms with van der Waals surface area (Å²) < 4.78 is 35.2. The number of nitrogens with zero attached hydrogens (tertiary/aromatic N) is 1. The van der Waals surface area contributed by atoms with Gasteiger partial charge in [-0.15, -0.1) is 0 Å². The number of rotatable bonds is 3. The average Bonchev–Trinajstić information content (AvgIpc) is 1.97. The van der Waals surface area contributed by atoms with Crippen LogP contribution in [-0.2, 0) is 4.79 Å². The molecule has 6 heteroatoms. The van der Waals surface area contributed by atoms with Crippen LogP contribution in [0.5, 0.6) is 0 Å². The van der Waals surface area contributed by atoms with E-state index >= 15 is 0 Å². The van der Waals surface area contributed by atoms with Gasteiger partial charge >= 0.3 is 12.1 Å². The highest BCUT2D eigenvalue weighted by atomic mass is 32.2. The first kappa shape index (κ1) is 11.6. The molecule has 0 unspecified atom stereocenters. The second-order valence-corrected chi connectivity index (χ2v) is 3.20. The van der Waals surface area contributed by atoms with Crippen molar-refractivity contribution in [2.24, 2.45) is 0 Å². The highest BCUT2D eigenvalue weighted by molar-refractivity contribution is 7.98. The molecule has 0 aliphatic carbocycles. The molecule has 0 radical (unpaired) electrons. The van der Waals surface area contributed by atoms with Crippen molar-refractivity contribution in [1.29, 1.82) is 0 Å². The molecule has 0 N–H and O–H groups in total. The highest BCUT2D eigenvalue weighted by Gasteiger charge is 2.40. The molecule has 0 atom stereocenters. The van der Waals surface area contributed by atoms with Crippen LogP contribution in [0.1, 0.15) is 0 Å². The molecule has 0 spiro atoms. The molecule has 1 amide bonds. The number of amides is 1. The zero-order chi connectivity index (χ0) is 9.78. The van der Waals surface area contributed by atoms with Crippen LogP contribution in [0.25, 0.3) is 0 Å². The van der Waals surface area contributed by atoms with E-state index in [2.05, 4.69) is 0 Å². The summed E-state index contributed by atoms with van der Waals surface area (Å²) in [4.78, 5) is 11.1. The Morgan fingerprint density at radius 3 is 2.33 bits per heavy atom. The van der Waals surface area contributed by atoms with Gasteiger partial charge in [-0.2, -0.15) is 24.9 Å². The number of carbonyl (C=O) groups excluding carboxylic acids is 1. The smallest absolute Gasteiger partial charge is 0.337 e. The van der Waals surface area contributed by atoms with E-state index in [1.54, 1.807) is 6.26 Å². The Morgan fingerprint density at radius 1 is 1.50 bits per heavy atom. The lowest BCUT2D eigenvalue weighted by Gasteiger charge is -2.17. The molecule has 0 aromatic heterocycles. The summed E-state index contributed by atoms with van der Waals surface area (Å²) in [6.45, 7) is 0.125. The number of thioether (sulfide) groups is 1. The summed E-state index contributed by atoms with van der Waals surface area (Å²) in [5, 5.41) is 0. The maximum atomic E-state index is 11.7. The molecule has 0 saturated carbocycles. The zero-order valence-corrected chi connectivity index (χ0v) is 7.63. The summed E-state index contributed by atoms with van der Waals surface area (Å²) in [6.07, 6.45) is -2.97. The first-order valence-corrected chi connectivity index (χ1v) is 4.60. The molecule has 0 aromatic carbocycles. The Hall–Kier alpha value is -0.390. The Balaban J connectivity index is 3.94. The van der Waals surface area contributed by atoms with Crippen molar-refractivity contribution in [2.45, 2.75) is 6.18 Å². The van der Waals surface area contributed by atoms with Crippen LogP contribution in [0.4, 0.5) is 13.2 Å². The van der Waals surface area contributed by atoms with E-state index in [1.807, 2.05) is 0 Å². The van der Waals surface area contributed by atoms with Gasteiger partial charge < -0.3 is 4.90 Å².